The average molecular weight is 598 g/mol. The summed E-state index contributed by atoms with van der Waals surface area (Å²) in [6, 6.07) is 6.89. The van der Waals surface area contributed by atoms with Crippen LogP contribution in [0.4, 0.5) is 5.82 Å². The van der Waals surface area contributed by atoms with Gasteiger partial charge in [-0.1, -0.05) is 32.9 Å². The monoisotopic (exact) mass is 597 g/mol. The Morgan fingerprint density at radius 3 is 2.35 bits per heavy atom. The summed E-state index contributed by atoms with van der Waals surface area (Å²) in [5, 5.41) is 15.8. The van der Waals surface area contributed by atoms with E-state index < -0.39 is 35.2 Å². The minimum atomic E-state index is -1.04. The zero-order valence-corrected chi connectivity index (χ0v) is 25.1. The molecule has 43 heavy (non-hydrogen) atoms. The molecular weight excluding hydrogens is 558 g/mol. The van der Waals surface area contributed by atoms with Gasteiger partial charge in [-0.25, -0.2) is 9.78 Å². The molecule has 3 aromatic rings. The van der Waals surface area contributed by atoms with Gasteiger partial charge in [0.15, 0.2) is 0 Å². The van der Waals surface area contributed by atoms with E-state index in [1.165, 1.54) is 17.0 Å². The SMILES string of the molecule is CCOC(=O)CC[C@H](NC(=O)c1ccc(C(CO)Cn2cnc3[nH]c(NC(=O)C(C)(C)C)cc3c2=O)cc1)C(=O)OCC. The highest BCUT2D eigenvalue weighted by molar-refractivity contribution is 5.97. The van der Waals surface area contributed by atoms with E-state index in [9.17, 15) is 29.1 Å². The van der Waals surface area contributed by atoms with Crippen molar-refractivity contribution in [2.24, 2.45) is 5.41 Å². The number of aromatic amines is 1. The van der Waals surface area contributed by atoms with Crippen LogP contribution < -0.4 is 16.2 Å². The number of nitrogens with one attached hydrogen (secondary N) is 3. The number of nitrogens with zero attached hydrogens (tertiary/aromatic N) is 2. The predicted molar refractivity (Wildman–Crippen MR) is 158 cm³/mol. The van der Waals surface area contributed by atoms with Gasteiger partial charge in [0.1, 0.15) is 17.5 Å². The fraction of sp³-hybridized carbons (Fsp3) is 0.467. The molecule has 3 rings (SSSR count). The second-order valence-corrected chi connectivity index (χ2v) is 11.0. The Bertz CT molecular complexity index is 1500. The number of esters is 2. The topological polar surface area (TPSA) is 182 Å². The molecule has 0 aliphatic carbocycles. The number of rotatable bonds is 13. The molecule has 0 saturated heterocycles. The summed E-state index contributed by atoms with van der Waals surface area (Å²) in [6.45, 7) is 8.80. The summed E-state index contributed by atoms with van der Waals surface area (Å²) < 4.78 is 11.3. The number of H-pyrrole nitrogens is 1. The van der Waals surface area contributed by atoms with Gasteiger partial charge < -0.3 is 30.2 Å². The fourth-order valence-corrected chi connectivity index (χ4v) is 4.19. The van der Waals surface area contributed by atoms with Gasteiger partial charge in [-0.15, -0.1) is 0 Å². The molecular formula is C30H39N5O8. The lowest BCUT2D eigenvalue weighted by molar-refractivity contribution is -0.146. The van der Waals surface area contributed by atoms with E-state index in [1.807, 2.05) is 0 Å². The highest BCUT2D eigenvalue weighted by Crippen LogP contribution is 2.21. The lowest BCUT2D eigenvalue weighted by Crippen LogP contribution is -2.42. The number of fused-ring (bicyclic) bond motifs is 1. The van der Waals surface area contributed by atoms with Gasteiger partial charge in [-0.3, -0.25) is 23.7 Å². The molecule has 1 aromatic carbocycles. The van der Waals surface area contributed by atoms with Crippen LogP contribution in [-0.4, -0.2) is 69.3 Å². The van der Waals surface area contributed by atoms with E-state index in [2.05, 4.69) is 20.6 Å². The van der Waals surface area contributed by atoms with Crippen molar-refractivity contribution in [3.8, 4) is 0 Å². The first-order valence-corrected chi connectivity index (χ1v) is 14.1. The van der Waals surface area contributed by atoms with Crippen LogP contribution in [0.15, 0.2) is 41.5 Å². The minimum Gasteiger partial charge on any atom is -0.466 e. The summed E-state index contributed by atoms with van der Waals surface area (Å²) >= 11 is 0. The standard InChI is InChI=1S/C30H39N5O8/c1-6-42-24(37)13-12-22(28(40)43-7-2)32-26(38)19-10-8-18(9-11-19)20(16-36)15-35-17-31-25-21(27(35)39)14-23(33-25)34-29(41)30(3,4)5/h8-11,14,17,20,22,33,36H,6-7,12-13,15-16H2,1-5H3,(H,32,38)(H,34,41)/t20?,22-/m0/s1. The molecule has 0 radical (unpaired) electrons. The van der Waals surface area contributed by atoms with Gasteiger partial charge in [-0.05, 0) is 44.0 Å². The number of hydrogen-bond donors (Lipinski definition) is 4. The average Bonchev–Trinajstić information content (AvgIpc) is 3.38. The smallest absolute Gasteiger partial charge is 0.328 e. The van der Waals surface area contributed by atoms with Crippen LogP contribution in [-0.2, 0) is 30.4 Å². The third-order valence-corrected chi connectivity index (χ3v) is 6.64. The maximum atomic E-state index is 13.2. The van der Waals surface area contributed by atoms with Crippen molar-refractivity contribution in [2.75, 3.05) is 25.1 Å². The largest absolute Gasteiger partial charge is 0.466 e. The Morgan fingerprint density at radius 1 is 1.07 bits per heavy atom. The molecule has 0 aliphatic rings. The highest BCUT2D eigenvalue weighted by Gasteiger charge is 2.25. The van der Waals surface area contributed by atoms with E-state index in [0.29, 0.717) is 17.0 Å². The van der Waals surface area contributed by atoms with E-state index in [-0.39, 0.29) is 61.6 Å². The third kappa shape index (κ3) is 8.74. The Labute approximate surface area is 249 Å². The molecule has 0 aliphatic heterocycles. The number of aromatic nitrogens is 3. The van der Waals surface area contributed by atoms with Gasteiger partial charge in [-0.2, -0.15) is 0 Å². The van der Waals surface area contributed by atoms with E-state index in [4.69, 9.17) is 9.47 Å². The number of hydrogen-bond acceptors (Lipinski definition) is 9. The molecule has 2 heterocycles. The number of anilines is 1. The molecule has 2 aromatic heterocycles. The van der Waals surface area contributed by atoms with Crippen LogP contribution in [0.3, 0.4) is 0 Å². The Hall–Kier alpha value is -4.52. The Balaban J connectivity index is 1.72. The molecule has 0 fully saturated rings. The first-order valence-electron chi connectivity index (χ1n) is 14.1. The first kappa shape index (κ1) is 33.0. The van der Waals surface area contributed by atoms with Crippen molar-refractivity contribution < 1.29 is 33.8 Å². The molecule has 13 heteroatoms. The number of carbonyl (C=O) groups is 4. The molecule has 0 spiro atoms. The lowest BCUT2D eigenvalue weighted by atomic mass is 9.96. The molecule has 4 N–H and O–H groups in total. The maximum Gasteiger partial charge on any atom is 0.328 e. The second-order valence-electron chi connectivity index (χ2n) is 11.0. The third-order valence-electron chi connectivity index (χ3n) is 6.64. The molecule has 2 atom stereocenters. The van der Waals surface area contributed by atoms with Crippen LogP contribution in [0.25, 0.3) is 11.0 Å². The summed E-state index contributed by atoms with van der Waals surface area (Å²) in [5.41, 5.74) is 0.276. The molecule has 1 unspecified atom stereocenters. The van der Waals surface area contributed by atoms with Crippen molar-refractivity contribution in [1.82, 2.24) is 19.9 Å². The zero-order valence-electron chi connectivity index (χ0n) is 25.1. The Kier molecular flexibility index (Phi) is 11.2. The number of amides is 2. The number of aliphatic hydroxyl groups excluding tert-OH is 1. The number of ether oxygens (including phenoxy) is 2. The minimum absolute atomic E-state index is 0.0206. The maximum absolute atomic E-state index is 13.2. The van der Waals surface area contributed by atoms with Crippen LogP contribution in [0.2, 0.25) is 0 Å². The highest BCUT2D eigenvalue weighted by atomic mass is 16.5. The second kappa shape index (κ2) is 14.6. The van der Waals surface area contributed by atoms with Crippen LogP contribution in [0, 0.1) is 5.41 Å². The summed E-state index contributed by atoms with van der Waals surface area (Å²) in [6.07, 6.45) is 1.32. The summed E-state index contributed by atoms with van der Waals surface area (Å²) in [4.78, 5) is 69.8. The van der Waals surface area contributed by atoms with E-state index >= 15 is 0 Å². The molecule has 232 valence electrons. The molecule has 0 bridgehead atoms. The van der Waals surface area contributed by atoms with Crippen molar-refractivity contribution >= 4 is 40.6 Å². The van der Waals surface area contributed by atoms with Gasteiger partial charge in [0.2, 0.25) is 5.91 Å². The van der Waals surface area contributed by atoms with E-state index in [0.717, 1.165) is 0 Å². The predicted octanol–water partition coefficient (Wildman–Crippen LogP) is 2.49. The van der Waals surface area contributed by atoms with Gasteiger partial charge in [0.25, 0.3) is 11.5 Å². The Morgan fingerprint density at radius 2 is 1.74 bits per heavy atom. The normalized spacial score (nSPS) is 12.8. The fourth-order valence-electron chi connectivity index (χ4n) is 4.19. The number of benzene rings is 1. The molecule has 13 nitrogen and oxygen atoms in total. The quantitative estimate of drug-likeness (QED) is 0.215. The van der Waals surface area contributed by atoms with Crippen molar-refractivity contribution in [2.45, 2.75) is 66.0 Å². The van der Waals surface area contributed by atoms with E-state index in [1.54, 1.807) is 58.9 Å². The summed E-state index contributed by atoms with van der Waals surface area (Å²) in [5.74, 6) is -2.03. The number of aliphatic hydroxyl groups is 1. The van der Waals surface area contributed by atoms with Gasteiger partial charge in [0.05, 0.1) is 31.5 Å². The van der Waals surface area contributed by atoms with Gasteiger partial charge >= 0.3 is 11.9 Å². The number of carbonyl (C=O) groups excluding carboxylic acids is 4. The van der Waals surface area contributed by atoms with Crippen LogP contribution in [0.5, 0.6) is 0 Å². The van der Waals surface area contributed by atoms with Crippen LogP contribution >= 0.6 is 0 Å². The first-order chi connectivity index (χ1) is 20.4. The molecule has 2 amide bonds. The van der Waals surface area contributed by atoms with Crippen molar-refractivity contribution in [3.05, 3.63) is 58.1 Å². The van der Waals surface area contributed by atoms with Crippen molar-refractivity contribution in [3.63, 3.8) is 0 Å². The molecule has 0 saturated carbocycles. The zero-order chi connectivity index (χ0) is 31.7. The lowest BCUT2D eigenvalue weighted by Gasteiger charge is -2.18. The van der Waals surface area contributed by atoms with Crippen molar-refractivity contribution in [1.29, 1.82) is 0 Å². The van der Waals surface area contributed by atoms with Gasteiger partial charge in [0, 0.05) is 29.9 Å². The van der Waals surface area contributed by atoms with Crippen LogP contribution in [0.1, 0.15) is 69.3 Å². The summed E-state index contributed by atoms with van der Waals surface area (Å²) in [7, 11) is 0.